The Labute approximate surface area is 200 Å². The Bertz CT molecular complexity index is 1410. The molecule has 35 heavy (non-hydrogen) atoms. The molecule has 0 amide bonds. The average Bonchev–Trinajstić information content (AvgIpc) is 3.56. The fourth-order valence-corrected chi connectivity index (χ4v) is 4.08. The van der Waals surface area contributed by atoms with Crippen molar-refractivity contribution in [2.45, 2.75) is 24.9 Å². The lowest BCUT2D eigenvalue weighted by atomic mass is 9.92. The molecule has 3 aromatic heterocycles. The van der Waals surface area contributed by atoms with Crippen molar-refractivity contribution in [3.63, 3.8) is 0 Å². The lowest BCUT2D eigenvalue weighted by Crippen LogP contribution is -2.13. The zero-order valence-electron chi connectivity index (χ0n) is 18.6. The van der Waals surface area contributed by atoms with Crippen LogP contribution in [-0.4, -0.2) is 26.2 Å². The van der Waals surface area contributed by atoms with Crippen molar-refractivity contribution in [3.8, 4) is 5.75 Å². The van der Waals surface area contributed by atoms with Crippen LogP contribution in [0, 0.1) is 5.82 Å². The van der Waals surface area contributed by atoms with E-state index in [-0.39, 0.29) is 12.2 Å². The standard InChI is InChI=1S/C27H22FN3O4/c28-20-6-1-17(2-7-20)15-25(24-10-5-19-11-13-29-27(19)30-24)35-21-8-3-18(4-9-21)22(16-26(32)33)23-12-14-34-31-23/h1-14,22,25H,15-16H2,(H,29,30)(H,32,33). The number of fused-ring (bicyclic) bond motifs is 1. The lowest BCUT2D eigenvalue weighted by molar-refractivity contribution is -0.137. The van der Waals surface area contributed by atoms with Gasteiger partial charge in [-0.15, -0.1) is 0 Å². The van der Waals surface area contributed by atoms with Gasteiger partial charge >= 0.3 is 5.97 Å². The van der Waals surface area contributed by atoms with E-state index in [4.69, 9.17) is 14.2 Å². The third-order valence-corrected chi connectivity index (χ3v) is 5.85. The molecule has 0 spiro atoms. The number of H-pyrrole nitrogens is 1. The number of carbonyl (C=O) groups is 1. The molecular formula is C27H22FN3O4. The number of carboxylic acids is 1. The van der Waals surface area contributed by atoms with Gasteiger partial charge in [0.15, 0.2) is 0 Å². The Morgan fingerprint density at radius 1 is 1.00 bits per heavy atom. The molecule has 5 rings (SSSR count). The highest BCUT2D eigenvalue weighted by Gasteiger charge is 2.22. The molecule has 8 heteroatoms. The van der Waals surface area contributed by atoms with Crippen LogP contribution in [0.15, 0.2) is 89.8 Å². The maximum atomic E-state index is 13.4. The lowest BCUT2D eigenvalue weighted by Gasteiger charge is -2.20. The predicted octanol–water partition coefficient (Wildman–Crippen LogP) is 5.66. The summed E-state index contributed by atoms with van der Waals surface area (Å²) in [6.07, 6.45) is 3.21. The monoisotopic (exact) mass is 471 g/mol. The second-order valence-corrected chi connectivity index (χ2v) is 8.23. The van der Waals surface area contributed by atoms with Gasteiger partial charge in [-0.2, -0.15) is 0 Å². The number of aromatic amines is 1. The van der Waals surface area contributed by atoms with Crippen LogP contribution in [-0.2, 0) is 11.2 Å². The molecule has 0 aliphatic heterocycles. The third kappa shape index (κ3) is 5.22. The van der Waals surface area contributed by atoms with Crippen LogP contribution >= 0.6 is 0 Å². The fourth-order valence-electron chi connectivity index (χ4n) is 4.08. The average molecular weight is 471 g/mol. The van der Waals surface area contributed by atoms with Crippen LogP contribution in [0.25, 0.3) is 11.0 Å². The van der Waals surface area contributed by atoms with E-state index in [0.717, 1.165) is 27.9 Å². The Morgan fingerprint density at radius 3 is 2.51 bits per heavy atom. The number of rotatable bonds is 9. The molecule has 0 bridgehead atoms. The summed E-state index contributed by atoms with van der Waals surface area (Å²) in [5.74, 6) is -1.06. The third-order valence-electron chi connectivity index (χ3n) is 5.85. The summed E-state index contributed by atoms with van der Waals surface area (Å²) in [7, 11) is 0. The van der Waals surface area contributed by atoms with E-state index in [1.807, 2.05) is 36.5 Å². The van der Waals surface area contributed by atoms with Crippen molar-refractivity contribution in [2.75, 3.05) is 0 Å². The van der Waals surface area contributed by atoms with Gasteiger partial charge < -0.3 is 19.4 Å². The first kappa shape index (κ1) is 22.3. The van der Waals surface area contributed by atoms with E-state index in [1.54, 1.807) is 30.3 Å². The summed E-state index contributed by atoms with van der Waals surface area (Å²) in [4.78, 5) is 19.2. The highest BCUT2D eigenvalue weighted by atomic mass is 19.1. The molecule has 5 aromatic rings. The summed E-state index contributed by atoms with van der Waals surface area (Å²) < 4.78 is 24.7. The number of nitrogens with one attached hydrogen (secondary N) is 1. The molecule has 176 valence electrons. The van der Waals surface area contributed by atoms with Crippen molar-refractivity contribution in [1.29, 1.82) is 0 Å². The molecule has 0 saturated carbocycles. The SMILES string of the molecule is O=C(O)CC(c1ccc(OC(Cc2ccc(F)cc2)c2ccc3cc[nH]c3n2)cc1)c1ccon1. The van der Waals surface area contributed by atoms with E-state index in [1.165, 1.54) is 18.4 Å². The number of halogens is 1. The van der Waals surface area contributed by atoms with Gasteiger partial charge in [0.05, 0.1) is 17.8 Å². The molecule has 0 fully saturated rings. The van der Waals surface area contributed by atoms with Crippen LogP contribution in [0.3, 0.4) is 0 Å². The van der Waals surface area contributed by atoms with E-state index in [2.05, 4.69) is 10.1 Å². The molecule has 7 nitrogen and oxygen atoms in total. The number of aromatic nitrogens is 3. The number of hydrogen-bond acceptors (Lipinski definition) is 5. The van der Waals surface area contributed by atoms with Gasteiger partial charge in [0, 0.05) is 30.0 Å². The highest BCUT2D eigenvalue weighted by molar-refractivity contribution is 5.75. The molecule has 2 atom stereocenters. The number of ether oxygens (including phenoxy) is 1. The number of benzene rings is 2. The zero-order valence-corrected chi connectivity index (χ0v) is 18.6. The maximum Gasteiger partial charge on any atom is 0.304 e. The molecule has 3 heterocycles. The normalized spacial score (nSPS) is 12.9. The molecule has 2 N–H and O–H groups in total. The van der Waals surface area contributed by atoms with Crippen molar-refractivity contribution in [1.82, 2.24) is 15.1 Å². The van der Waals surface area contributed by atoms with Gasteiger partial charge in [-0.25, -0.2) is 9.37 Å². The second-order valence-electron chi connectivity index (χ2n) is 8.23. The Morgan fingerprint density at radius 2 is 1.80 bits per heavy atom. The van der Waals surface area contributed by atoms with Crippen molar-refractivity contribution in [3.05, 3.63) is 114 Å². The number of nitrogens with zero attached hydrogens (tertiary/aromatic N) is 2. The second kappa shape index (κ2) is 9.80. The summed E-state index contributed by atoms with van der Waals surface area (Å²) >= 11 is 0. The molecule has 2 aromatic carbocycles. The first-order chi connectivity index (χ1) is 17.0. The van der Waals surface area contributed by atoms with Crippen molar-refractivity contribution < 1.29 is 23.6 Å². The quantitative estimate of drug-likeness (QED) is 0.288. The van der Waals surface area contributed by atoms with Gasteiger partial charge in [-0.1, -0.05) is 29.4 Å². The zero-order chi connectivity index (χ0) is 24.2. The van der Waals surface area contributed by atoms with Crippen LogP contribution in [0.5, 0.6) is 5.75 Å². The summed E-state index contributed by atoms with van der Waals surface area (Å²) in [5.41, 5.74) is 3.75. The van der Waals surface area contributed by atoms with Crippen LogP contribution in [0.2, 0.25) is 0 Å². The van der Waals surface area contributed by atoms with Crippen LogP contribution in [0.4, 0.5) is 4.39 Å². The number of hydrogen-bond donors (Lipinski definition) is 2. The molecule has 0 radical (unpaired) electrons. The largest absolute Gasteiger partial charge is 0.484 e. The van der Waals surface area contributed by atoms with E-state index >= 15 is 0 Å². The van der Waals surface area contributed by atoms with Gasteiger partial charge in [0.25, 0.3) is 0 Å². The summed E-state index contributed by atoms with van der Waals surface area (Å²) in [5, 5.41) is 14.3. The number of carboxylic acid groups (broad SMARTS) is 1. The van der Waals surface area contributed by atoms with E-state index in [0.29, 0.717) is 17.9 Å². The molecule has 2 unspecified atom stereocenters. The Hall–Kier alpha value is -4.46. The molecule has 0 aliphatic rings. The van der Waals surface area contributed by atoms with Crippen molar-refractivity contribution in [2.24, 2.45) is 0 Å². The maximum absolute atomic E-state index is 13.4. The van der Waals surface area contributed by atoms with E-state index < -0.39 is 18.0 Å². The summed E-state index contributed by atoms with van der Waals surface area (Å²) in [6, 6.07) is 21.1. The molecular weight excluding hydrogens is 449 g/mol. The van der Waals surface area contributed by atoms with Crippen LogP contribution < -0.4 is 4.74 Å². The highest BCUT2D eigenvalue weighted by Crippen LogP contribution is 2.31. The number of pyridine rings is 1. The Kier molecular flexibility index (Phi) is 6.26. The summed E-state index contributed by atoms with van der Waals surface area (Å²) in [6.45, 7) is 0. The topological polar surface area (TPSA) is 101 Å². The van der Waals surface area contributed by atoms with E-state index in [9.17, 15) is 14.3 Å². The molecule has 0 aliphatic carbocycles. The number of aliphatic carboxylic acids is 1. The first-order valence-corrected chi connectivity index (χ1v) is 11.1. The first-order valence-electron chi connectivity index (χ1n) is 11.1. The van der Waals surface area contributed by atoms with Crippen LogP contribution in [0.1, 0.15) is 41.0 Å². The van der Waals surface area contributed by atoms with Gasteiger partial charge in [-0.3, -0.25) is 4.79 Å². The van der Waals surface area contributed by atoms with Crippen molar-refractivity contribution >= 4 is 17.0 Å². The minimum absolute atomic E-state index is 0.111. The van der Waals surface area contributed by atoms with Gasteiger partial charge in [0.2, 0.25) is 0 Å². The van der Waals surface area contributed by atoms with Gasteiger partial charge in [0.1, 0.15) is 29.6 Å². The minimum Gasteiger partial charge on any atom is -0.484 e. The minimum atomic E-state index is -0.927. The predicted molar refractivity (Wildman–Crippen MR) is 127 cm³/mol. The van der Waals surface area contributed by atoms with Gasteiger partial charge in [-0.05, 0) is 53.6 Å². The smallest absolute Gasteiger partial charge is 0.304 e. The molecule has 0 saturated heterocycles. The fraction of sp³-hybridized carbons (Fsp3) is 0.148. The Balaban J connectivity index is 1.42.